The van der Waals surface area contributed by atoms with Gasteiger partial charge in [-0.25, -0.2) is 4.79 Å². The van der Waals surface area contributed by atoms with Crippen molar-refractivity contribution in [3.63, 3.8) is 0 Å². The first-order valence-corrected chi connectivity index (χ1v) is 11.4. The molecule has 2 aliphatic rings. The van der Waals surface area contributed by atoms with Crippen molar-refractivity contribution in [3.05, 3.63) is 70.8 Å². The van der Waals surface area contributed by atoms with E-state index in [0.29, 0.717) is 5.56 Å². The van der Waals surface area contributed by atoms with E-state index in [9.17, 15) is 35.1 Å². The lowest BCUT2D eigenvalue weighted by molar-refractivity contribution is -0.249. The number of alkyl halides is 8. The highest BCUT2D eigenvalue weighted by Crippen LogP contribution is 2.46. The highest BCUT2D eigenvalue weighted by atomic mass is 35.5. The number of hydrogen-bond acceptors (Lipinski definition) is 4. The molecular formula is C24H20ClF8N3O2. The van der Waals surface area contributed by atoms with Crippen LogP contribution >= 0.6 is 11.6 Å². The summed E-state index contributed by atoms with van der Waals surface area (Å²) in [5, 5.41) is 15.5. The van der Waals surface area contributed by atoms with Gasteiger partial charge in [0.05, 0.1) is 16.8 Å². The van der Waals surface area contributed by atoms with Gasteiger partial charge in [-0.2, -0.15) is 40.2 Å². The summed E-state index contributed by atoms with van der Waals surface area (Å²) in [6.45, 7) is 1.54. The standard InChI is InChI=1S/C22H19ClF5N3.C2HF3O2/c23-17-6-1-2-7-18(17)31-19(13-20(30-31)21(24,25)22(26,27)28)16-5-3-4-15(12-16)14-8-10-29-11-9-14;3-2(4,5)1(6)7/h1-8,12,19,29H,9-11,13H2;(H,6,7). The summed E-state index contributed by atoms with van der Waals surface area (Å²) in [6.07, 6.45) is -8.53. The molecule has 206 valence electrons. The van der Waals surface area contributed by atoms with Gasteiger partial charge in [-0.3, -0.25) is 5.01 Å². The molecule has 0 saturated carbocycles. The highest BCUT2D eigenvalue weighted by Gasteiger charge is 2.62. The number of carbonyl (C=O) groups is 1. The predicted molar refractivity (Wildman–Crippen MR) is 125 cm³/mol. The van der Waals surface area contributed by atoms with Crippen LogP contribution in [0.15, 0.2) is 59.7 Å². The van der Waals surface area contributed by atoms with Crippen LogP contribution in [0.25, 0.3) is 5.57 Å². The second-order valence-corrected chi connectivity index (χ2v) is 8.65. The van der Waals surface area contributed by atoms with Crippen LogP contribution in [0.1, 0.15) is 30.0 Å². The lowest BCUT2D eigenvalue weighted by Crippen LogP contribution is -2.43. The third-order valence-electron chi connectivity index (χ3n) is 5.68. The first-order chi connectivity index (χ1) is 17.6. The average molecular weight is 570 g/mol. The van der Waals surface area contributed by atoms with Crippen LogP contribution in [0.2, 0.25) is 5.02 Å². The van der Waals surface area contributed by atoms with E-state index >= 15 is 0 Å². The SMILES string of the molecule is FC(F)(F)C(F)(F)C1=NN(c2ccccc2Cl)C(c2cccc(C3=CCNCC3)c2)C1.O=C(O)C(F)(F)F. The number of benzene rings is 2. The molecule has 2 aromatic rings. The van der Waals surface area contributed by atoms with Crippen molar-refractivity contribution in [2.24, 2.45) is 5.10 Å². The van der Waals surface area contributed by atoms with Gasteiger partial charge in [0.25, 0.3) is 0 Å². The number of carboxylic acids is 1. The van der Waals surface area contributed by atoms with E-state index in [-0.39, 0.29) is 10.7 Å². The Morgan fingerprint density at radius 3 is 2.24 bits per heavy atom. The molecule has 0 amide bonds. The molecule has 38 heavy (non-hydrogen) atoms. The van der Waals surface area contributed by atoms with Crippen LogP contribution in [0.3, 0.4) is 0 Å². The number of hydrazone groups is 1. The molecule has 2 aromatic carbocycles. The van der Waals surface area contributed by atoms with Gasteiger partial charge in [0, 0.05) is 13.0 Å². The van der Waals surface area contributed by atoms with E-state index in [4.69, 9.17) is 21.5 Å². The topological polar surface area (TPSA) is 64.9 Å². The lowest BCUT2D eigenvalue weighted by atomic mass is 9.93. The number of para-hydroxylation sites is 1. The monoisotopic (exact) mass is 569 g/mol. The van der Waals surface area contributed by atoms with Crippen molar-refractivity contribution in [1.29, 1.82) is 0 Å². The fourth-order valence-electron chi connectivity index (χ4n) is 3.81. The Kier molecular flexibility index (Phi) is 8.72. The molecule has 0 saturated heterocycles. The number of rotatable bonds is 4. The second-order valence-electron chi connectivity index (χ2n) is 8.25. The van der Waals surface area contributed by atoms with Gasteiger partial charge in [-0.1, -0.05) is 48.0 Å². The smallest absolute Gasteiger partial charge is 0.475 e. The van der Waals surface area contributed by atoms with Crippen molar-refractivity contribution in [2.75, 3.05) is 18.1 Å². The molecule has 0 radical (unpaired) electrons. The molecule has 0 bridgehead atoms. The number of carboxylic acid groups (broad SMARTS) is 1. The summed E-state index contributed by atoms with van der Waals surface area (Å²) in [7, 11) is 0. The van der Waals surface area contributed by atoms with E-state index < -0.39 is 42.4 Å². The Bertz CT molecular complexity index is 1230. The minimum atomic E-state index is -5.73. The zero-order valence-corrected chi connectivity index (χ0v) is 20.0. The van der Waals surface area contributed by atoms with Crippen LogP contribution in [0, 0.1) is 0 Å². The zero-order chi connectivity index (χ0) is 28.3. The molecule has 2 N–H and O–H groups in total. The molecule has 5 nitrogen and oxygen atoms in total. The largest absolute Gasteiger partial charge is 0.490 e. The van der Waals surface area contributed by atoms with Crippen molar-refractivity contribution in [2.45, 2.75) is 37.2 Å². The fourth-order valence-corrected chi connectivity index (χ4v) is 4.04. The normalized spacial score (nSPS) is 18.3. The first kappa shape index (κ1) is 29.4. The summed E-state index contributed by atoms with van der Waals surface area (Å²) in [5.41, 5.74) is 1.65. The van der Waals surface area contributed by atoms with Crippen LogP contribution in [0.4, 0.5) is 40.8 Å². The lowest BCUT2D eigenvalue weighted by Gasteiger charge is -2.25. The third-order valence-corrected chi connectivity index (χ3v) is 6.00. The summed E-state index contributed by atoms with van der Waals surface area (Å²) < 4.78 is 99.2. The number of hydrogen-bond donors (Lipinski definition) is 2. The van der Waals surface area contributed by atoms with Crippen molar-refractivity contribution >= 4 is 34.5 Å². The van der Waals surface area contributed by atoms with Gasteiger partial charge < -0.3 is 10.4 Å². The van der Waals surface area contributed by atoms with Crippen LogP contribution < -0.4 is 10.3 Å². The molecule has 2 aliphatic heterocycles. The maximum Gasteiger partial charge on any atom is 0.490 e. The average Bonchev–Trinajstić information content (AvgIpc) is 3.30. The maximum atomic E-state index is 14.2. The molecule has 0 aromatic heterocycles. The minimum absolute atomic E-state index is 0.213. The van der Waals surface area contributed by atoms with Gasteiger partial charge in [-0.05, 0) is 47.9 Å². The minimum Gasteiger partial charge on any atom is -0.475 e. The Hall–Kier alpha value is -3.19. The zero-order valence-electron chi connectivity index (χ0n) is 19.3. The van der Waals surface area contributed by atoms with Gasteiger partial charge in [0.15, 0.2) is 0 Å². The molecule has 14 heteroatoms. The summed E-state index contributed by atoms with van der Waals surface area (Å²) in [4.78, 5) is 8.90. The second kappa shape index (κ2) is 11.3. The summed E-state index contributed by atoms with van der Waals surface area (Å²) in [5.74, 6) is -7.79. The molecule has 1 atom stereocenters. The van der Waals surface area contributed by atoms with Gasteiger partial charge in [-0.15, -0.1) is 0 Å². The Labute approximate surface area is 216 Å². The Morgan fingerprint density at radius 1 is 1.03 bits per heavy atom. The van der Waals surface area contributed by atoms with Crippen molar-refractivity contribution in [1.82, 2.24) is 5.32 Å². The van der Waals surface area contributed by atoms with E-state index in [2.05, 4.69) is 10.4 Å². The molecule has 2 heterocycles. The highest BCUT2D eigenvalue weighted by molar-refractivity contribution is 6.33. The number of nitrogens with one attached hydrogen (secondary N) is 1. The summed E-state index contributed by atoms with van der Waals surface area (Å²) in [6, 6.07) is 12.7. The molecular weight excluding hydrogens is 550 g/mol. The molecule has 0 fully saturated rings. The van der Waals surface area contributed by atoms with E-state index in [1.807, 2.05) is 18.2 Å². The van der Waals surface area contributed by atoms with Gasteiger partial charge in [0.1, 0.15) is 5.71 Å². The van der Waals surface area contributed by atoms with E-state index in [1.54, 1.807) is 36.4 Å². The van der Waals surface area contributed by atoms with Crippen molar-refractivity contribution < 1.29 is 45.0 Å². The van der Waals surface area contributed by atoms with Crippen LogP contribution in [0.5, 0.6) is 0 Å². The molecule has 1 unspecified atom stereocenters. The maximum absolute atomic E-state index is 14.2. The molecule has 0 spiro atoms. The number of halogens is 9. The molecule has 0 aliphatic carbocycles. The predicted octanol–water partition coefficient (Wildman–Crippen LogP) is 6.86. The fraction of sp³-hybridized carbons (Fsp3) is 0.333. The van der Waals surface area contributed by atoms with E-state index in [1.165, 1.54) is 5.01 Å². The van der Waals surface area contributed by atoms with Gasteiger partial charge in [0.2, 0.25) is 0 Å². The van der Waals surface area contributed by atoms with Gasteiger partial charge >= 0.3 is 24.2 Å². The van der Waals surface area contributed by atoms with Crippen LogP contribution in [-0.2, 0) is 4.79 Å². The van der Waals surface area contributed by atoms with Crippen LogP contribution in [-0.4, -0.2) is 48.2 Å². The van der Waals surface area contributed by atoms with Crippen molar-refractivity contribution in [3.8, 4) is 0 Å². The Morgan fingerprint density at radius 2 is 1.68 bits per heavy atom. The number of anilines is 1. The first-order valence-electron chi connectivity index (χ1n) is 11.0. The Balaban J connectivity index is 0.000000505. The number of nitrogens with zero attached hydrogens (tertiary/aromatic N) is 2. The summed E-state index contributed by atoms with van der Waals surface area (Å²) >= 11 is 6.23. The molecule has 4 rings (SSSR count). The number of aliphatic carboxylic acids is 1. The van der Waals surface area contributed by atoms with E-state index in [0.717, 1.165) is 30.6 Å². The quantitative estimate of drug-likeness (QED) is 0.395. The third kappa shape index (κ3) is 6.62.